The molecule has 0 saturated carbocycles. The molecule has 23 heavy (non-hydrogen) atoms. The van der Waals surface area contributed by atoms with Crippen molar-refractivity contribution in [1.82, 2.24) is 9.78 Å². The SMILES string of the molecule is COc1cccc(-c2nn(C(N)=O)c3c2CCCCN3)c1OC. The van der Waals surface area contributed by atoms with Gasteiger partial charge in [0.15, 0.2) is 11.5 Å². The lowest BCUT2D eigenvalue weighted by atomic mass is 10.0. The molecule has 0 bridgehead atoms. The van der Waals surface area contributed by atoms with Crippen LogP contribution in [0.2, 0.25) is 0 Å². The van der Waals surface area contributed by atoms with Gasteiger partial charge in [0, 0.05) is 17.7 Å². The van der Waals surface area contributed by atoms with E-state index in [1.165, 1.54) is 4.68 Å². The number of nitrogens with one attached hydrogen (secondary N) is 1. The van der Waals surface area contributed by atoms with E-state index in [9.17, 15) is 4.79 Å². The van der Waals surface area contributed by atoms with Crippen LogP contribution < -0.4 is 20.5 Å². The van der Waals surface area contributed by atoms with Gasteiger partial charge in [0.05, 0.1) is 14.2 Å². The Labute approximate surface area is 134 Å². The standard InChI is InChI=1S/C16H20N4O3/c1-22-12-8-5-7-10(14(12)23-2)13-11-6-3-4-9-18-15(11)20(19-13)16(17)21/h5,7-8,18H,3-4,6,9H2,1-2H3,(H2,17,21). The molecule has 2 aromatic rings. The summed E-state index contributed by atoms with van der Waals surface area (Å²) >= 11 is 0. The van der Waals surface area contributed by atoms with Crippen LogP contribution >= 0.6 is 0 Å². The van der Waals surface area contributed by atoms with E-state index < -0.39 is 6.03 Å². The number of nitrogens with zero attached hydrogens (tertiary/aromatic N) is 2. The van der Waals surface area contributed by atoms with E-state index >= 15 is 0 Å². The average Bonchev–Trinajstić information content (AvgIpc) is 2.75. The fourth-order valence-electron chi connectivity index (χ4n) is 2.95. The maximum Gasteiger partial charge on any atom is 0.341 e. The quantitative estimate of drug-likeness (QED) is 0.906. The molecule has 3 N–H and O–H groups in total. The Morgan fingerprint density at radius 1 is 1.30 bits per heavy atom. The van der Waals surface area contributed by atoms with E-state index in [0.29, 0.717) is 23.0 Å². The zero-order valence-corrected chi connectivity index (χ0v) is 13.3. The van der Waals surface area contributed by atoms with Gasteiger partial charge in [-0.3, -0.25) is 0 Å². The Morgan fingerprint density at radius 2 is 2.13 bits per heavy atom. The third kappa shape index (κ3) is 2.58. The van der Waals surface area contributed by atoms with Gasteiger partial charge in [-0.15, -0.1) is 0 Å². The number of methoxy groups -OCH3 is 2. The molecule has 7 nitrogen and oxygen atoms in total. The number of carbonyl (C=O) groups excluding carboxylic acids is 1. The summed E-state index contributed by atoms with van der Waals surface area (Å²) < 4.78 is 12.1. The zero-order chi connectivity index (χ0) is 16.4. The number of amides is 1. The van der Waals surface area contributed by atoms with Gasteiger partial charge in [-0.1, -0.05) is 6.07 Å². The van der Waals surface area contributed by atoms with Crippen LogP contribution in [0.3, 0.4) is 0 Å². The zero-order valence-electron chi connectivity index (χ0n) is 13.3. The number of benzene rings is 1. The van der Waals surface area contributed by atoms with E-state index in [0.717, 1.165) is 36.9 Å². The number of fused-ring (bicyclic) bond motifs is 1. The molecule has 0 unspecified atom stereocenters. The fourth-order valence-corrected chi connectivity index (χ4v) is 2.95. The Kier molecular flexibility index (Phi) is 4.10. The van der Waals surface area contributed by atoms with Crippen molar-refractivity contribution in [2.24, 2.45) is 5.73 Å². The van der Waals surface area contributed by atoms with E-state index in [-0.39, 0.29) is 0 Å². The Hall–Kier alpha value is -2.70. The highest BCUT2D eigenvalue weighted by Crippen LogP contribution is 2.41. The third-order valence-corrected chi connectivity index (χ3v) is 4.00. The van der Waals surface area contributed by atoms with Gasteiger partial charge in [0.2, 0.25) is 0 Å². The van der Waals surface area contributed by atoms with Crippen molar-refractivity contribution in [1.29, 1.82) is 0 Å². The van der Waals surface area contributed by atoms with Gasteiger partial charge >= 0.3 is 6.03 Å². The van der Waals surface area contributed by atoms with Gasteiger partial charge < -0.3 is 20.5 Å². The Bertz CT molecular complexity index is 739. The molecule has 3 rings (SSSR count). The second-order valence-electron chi connectivity index (χ2n) is 5.35. The van der Waals surface area contributed by atoms with Crippen LogP contribution in [0.1, 0.15) is 18.4 Å². The summed E-state index contributed by atoms with van der Waals surface area (Å²) in [5.41, 5.74) is 7.93. The van der Waals surface area contributed by atoms with Crippen LogP contribution in [0.5, 0.6) is 11.5 Å². The molecule has 1 amide bonds. The number of anilines is 1. The molecular weight excluding hydrogens is 296 g/mol. The molecule has 0 atom stereocenters. The molecule has 1 aromatic carbocycles. The van der Waals surface area contributed by atoms with E-state index in [2.05, 4.69) is 10.4 Å². The number of hydrogen-bond acceptors (Lipinski definition) is 5. The molecule has 1 aliphatic rings. The lowest BCUT2D eigenvalue weighted by Crippen LogP contribution is -2.23. The molecule has 0 spiro atoms. The molecule has 7 heteroatoms. The second-order valence-corrected chi connectivity index (χ2v) is 5.35. The molecule has 122 valence electrons. The topological polar surface area (TPSA) is 91.4 Å². The van der Waals surface area contributed by atoms with Crippen LogP contribution in [0.4, 0.5) is 10.6 Å². The minimum Gasteiger partial charge on any atom is -0.493 e. The first-order valence-electron chi connectivity index (χ1n) is 7.54. The van der Waals surface area contributed by atoms with Crippen molar-refractivity contribution >= 4 is 11.8 Å². The summed E-state index contributed by atoms with van der Waals surface area (Å²) in [5, 5.41) is 7.69. The number of hydrogen-bond donors (Lipinski definition) is 2. The van der Waals surface area contributed by atoms with Crippen LogP contribution in [-0.2, 0) is 6.42 Å². The van der Waals surface area contributed by atoms with Crippen molar-refractivity contribution in [3.63, 3.8) is 0 Å². The molecule has 2 heterocycles. The lowest BCUT2D eigenvalue weighted by Gasteiger charge is -2.12. The smallest absolute Gasteiger partial charge is 0.341 e. The Balaban J connectivity index is 2.23. The first-order chi connectivity index (χ1) is 11.2. The van der Waals surface area contributed by atoms with Crippen molar-refractivity contribution in [2.45, 2.75) is 19.3 Å². The molecular formula is C16H20N4O3. The monoisotopic (exact) mass is 316 g/mol. The predicted octanol–water partition coefficient (Wildman–Crippen LogP) is 2.24. The highest BCUT2D eigenvalue weighted by molar-refractivity contribution is 5.84. The number of nitrogens with two attached hydrogens (primary N) is 1. The third-order valence-electron chi connectivity index (χ3n) is 4.00. The van der Waals surface area contributed by atoms with Gasteiger partial charge in [-0.2, -0.15) is 9.78 Å². The van der Waals surface area contributed by atoms with Crippen molar-refractivity contribution < 1.29 is 14.3 Å². The number of rotatable bonds is 3. The predicted molar refractivity (Wildman–Crippen MR) is 87.2 cm³/mol. The normalized spacial score (nSPS) is 13.7. The highest BCUT2D eigenvalue weighted by Gasteiger charge is 2.25. The average molecular weight is 316 g/mol. The van der Waals surface area contributed by atoms with E-state index in [4.69, 9.17) is 15.2 Å². The fraction of sp³-hybridized carbons (Fsp3) is 0.375. The van der Waals surface area contributed by atoms with Crippen LogP contribution in [0, 0.1) is 0 Å². The minimum absolute atomic E-state index is 0.594. The maximum absolute atomic E-state index is 11.7. The molecule has 0 fully saturated rings. The summed E-state index contributed by atoms with van der Waals surface area (Å²) in [4.78, 5) is 11.7. The molecule has 1 aliphatic heterocycles. The first-order valence-corrected chi connectivity index (χ1v) is 7.54. The second kappa shape index (κ2) is 6.20. The van der Waals surface area contributed by atoms with Crippen molar-refractivity contribution in [3.8, 4) is 22.8 Å². The van der Waals surface area contributed by atoms with Gasteiger partial charge in [0.1, 0.15) is 11.5 Å². The summed E-state index contributed by atoms with van der Waals surface area (Å²) in [5.74, 6) is 1.89. The molecule has 1 aromatic heterocycles. The number of aromatic nitrogens is 2. The largest absolute Gasteiger partial charge is 0.493 e. The highest BCUT2D eigenvalue weighted by atomic mass is 16.5. The number of ether oxygens (including phenoxy) is 2. The summed E-state index contributed by atoms with van der Waals surface area (Å²) in [6.07, 6.45) is 2.87. The number of para-hydroxylation sites is 1. The van der Waals surface area contributed by atoms with Crippen molar-refractivity contribution in [3.05, 3.63) is 23.8 Å². The number of carbonyl (C=O) groups is 1. The summed E-state index contributed by atoms with van der Waals surface area (Å²) in [6, 6.07) is 4.99. The van der Waals surface area contributed by atoms with E-state index in [1.54, 1.807) is 14.2 Å². The summed E-state index contributed by atoms with van der Waals surface area (Å²) in [7, 11) is 3.18. The van der Waals surface area contributed by atoms with Crippen LogP contribution in [0.15, 0.2) is 18.2 Å². The maximum atomic E-state index is 11.7. The van der Waals surface area contributed by atoms with Gasteiger partial charge in [0.25, 0.3) is 0 Å². The van der Waals surface area contributed by atoms with Gasteiger partial charge in [-0.25, -0.2) is 4.79 Å². The molecule has 0 radical (unpaired) electrons. The summed E-state index contributed by atoms with van der Waals surface area (Å²) in [6.45, 7) is 0.792. The number of primary amides is 1. The molecule has 0 aliphatic carbocycles. The lowest BCUT2D eigenvalue weighted by molar-refractivity contribution is 0.248. The van der Waals surface area contributed by atoms with E-state index in [1.807, 2.05) is 18.2 Å². The Morgan fingerprint density at radius 3 is 2.83 bits per heavy atom. The van der Waals surface area contributed by atoms with Gasteiger partial charge in [-0.05, 0) is 31.4 Å². The van der Waals surface area contributed by atoms with Crippen LogP contribution in [-0.4, -0.2) is 36.6 Å². The first kappa shape index (κ1) is 15.2. The molecule has 0 saturated heterocycles. The van der Waals surface area contributed by atoms with Crippen LogP contribution in [0.25, 0.3) is 11.3 Å². The van der Waals surface area contributed by atoms with Crippen molar-refractivity contribution in [2.75, 3.05) is 26.1 Å². The minimum atomic E-state index is -0.608.